The van der Waals surface area contributed by atoms with E-state index in [1.807, 2.05) is 56.6 Å². The molecule has 200 valence electrons. The lowest BCUT2D eigenvalue weighted by Crippen LogP contribution is -2.33. The standard InChI is InChI=1S/C31H34N6OS/c1-4-22-10-5-6-11-25(22)33-28(38)18-21-37-30(29(34-31(37)39)26-12-7-8-19-32-26)27-13-9-20-36(27)24-16-14-23(15-17-24)35(2)3/h5-17,19-20,29-30H,4,18,21H2,1-3H3,(H,33,38)(H,34,39)/t29-,30-/m0/s1. The molecule has 0 spiro atoms. The Balaban J connectivity index is 1.43. The summed E-state index contributed by atoms with van der Waals surface area (Å²) in [6.07, 6.45) is 5.04. The summed E-state index contributed by atoms with van der Waals surface area (Å²) in [4.78, 5) is 21.9. The zero-order chi connectivity index (χ0) is 27.4. The normalized spacial score (nSPS) is 16.7. The SMILES string of the molecule is CCc1ccccc1NC(=O)CCN1C(=S)N[C@@H](c2ccccn2)[C@@H]1c1cccn1-c1ccc(N(C)C)cc1. The highest BCUT2D eigenvalue weighted by Gasteiger charge is 2.41. The summed E-state index contributed by atoms with van der Waals surface area (Å²) in [5.41, 5.74) is 6.17. The van der Waals surface area contributed by atoms with Gasteiger partial charge in [-0.1, -0.05) is 31.2 Å². The van der Waals surface area contributed by atoms with Gasteiger partial charge >= 0.3 is 0 Å². The molecule has 2 atom stereocenters. The van der Waals surface area contributed by atoms with Gasteiger partial charge in [0.25, 0.3) is 0 Å². The van der Waals surface area contributed by atoms with Gasteiger partial charge in [0.2, 0.25) is 5.91 Å². The molecule has 1 saturated heterocycles. The van der Waals surface area contributed by atoms with Crippen LogP contribution in [-0.4, -0.2) is 46.1 Å². The van der Waals surface area contributed by atoms with Gasteiger partial charge in [-0.15, -0.1) is 0 Å². The number of nitrogens with zero attached hydrogens (tertiary/aromatic N) is 4. The molecule has 0 bridgehead atoms. The molecule has 0 saturated carbocycles. The Morgan fingerprint density at radius 3 is 2.51 bits per heavy atom. The van der Waals surface area contributed by atoms with Gasteiger partial charge < -0.3 is 25.0 Å². The predicted molar refractivity (Wildman–Crippen MR) is 161 cm³/mol. The number of amides is 1. The lowest BCUT2D eigenvalue weighted by atomic mass is 10.0. The number of para-hydroxylation sites is 1. The van der Waals surface area contributed by atoms with E-state index in [9.17, 15) is 4.79 Å². The van der Waals surface area contributed by atoms with Crippen LogP contribution in [0, 0.1) is 0 Å². The first-order chi connectivity index (χ1) is 19.0. The average molecular weight is 539 g/mol. The number of anilines is 2. The molecule has 1 amide bonds. The van der Waals surface area contributed by atoms with Gasteiger partial charge in [0.05, 0.1) is 17.8 Å². The van der Waals surface area contributed by atoms with E-state index in [-0.39, 0.29) is 18.0 Å². The molecule has 5 rings (SSSR count). The molecule has 2 N–H and O–H groups in total. The first kappa shape index (κ1) is 26.4. The van der Waals surface area contributed by atoms with Crippen LogP contribution in [0.4, 0.5) is 11.4 Å². The van der Waals surface area contributed by atoms with Gasteiger partial charge in [-0.25, -0.2) is 0 Å². The number of hydrogen-bond donors (Lipinski definition) is 2. The molecule has 39 heavy (non-hydrogen) atoms. The van der Waals surface area contributed by atoms with E-state index in [1.54, 1.807) is 6.20 Å². The van der Waals surface area contributed by atoms with Crippen molar-refractivity contribution in [3.05, 3.63) is 108 Å². The van der Waals surface area contributed by atoms with Crippen LogP contribution in [0.3, 0.4) is 0 Å². The number of benzene rings is 2. The Morgan fingerprint density at radius 2 is 1.79 bits per heavy atom. The maximum atomic E-state index is 13.0. The maximum Gasteiger partial charge on any atom is 0.226 e. The number of rotatable bonds is 9. The third-order valence-electron chi connectivity index (χ3n) is 7.18. The quantitative estimate of drug-likeness (QED) is 0.274. The molecule has 3 heterocycles. The fourth-order valence-corrected chi connectivity index (χ4v) is 5.47. The Labute approximate surface area is 235 Å². The number of carbonyl (C=O) groups excluding carboxylic acids is 1. The van der Waals surface area contributed by atoms with Crippen molar-refractivity contribution in [2.75, 3.05) is 30.9 Å². The number of nitrogens with one attached hydrogen (secondary N) is 2. The number of aryl methyl sites for hydroxylation is 1. The van der Waals surface area contributed by atoms with Gasteiger partial charge in [0.1, 0.15) is 0 Å². The molecule has 1 aliphatic heterocycles. The second-order valence-electron chi connectivity index (χ2n) is 9.84. The van der Waals surface area contributed by atoms with Gasteiger partial charge in [0.15, 0.2) is 5.11 Å². The maximum absolute atomic E-state index is 13.0. The fraction of sp³-hybridized carbons (Fsp3) is 0.258. The highest BCUT2D eigenvalue weighted by atomic mass is 32.1. The van der Waals surface area contributed by atoms with E-state index in [2.05, 4.69) is 79.5 Å². The van der Waals surface area contributed by atoms with Crippen molar-refractivity contribution >= 4 is 34.6 Å². The number of hydrogen-bond acceptors (Lipinski definition) is 4. The van der Waals surface area contributed by atoms with Gasteiger partial charge in [-0.2, -0.15) is 0 Å². The summed E-state index contributed by atoms with van der Waals surface area (Å²) >= 11 is 5.84. The van der Waals surface area contributed by atoms with E-state index < -0.39 is 0 Å². The van der Waals surface area contributed by atoms with Crippen molar-refractivity contribution in [2.45, 2.75) is 31.8 Å². The van der Waals surface area contributed by atoms with Crippen molar-refractivity contribution in [1.29, 1.82) is 0 Å². The van der Waals surface area contributed by atoms with E-state index in [0.29, 0.717) is 18.1 Å². The van der Waals surface area contributed by atoms with Crippen LogP contribution in [0.2, 0.25) is 0 Å². The molecule has 2 aromatic heterocycles. The lowest BCUT2D eigenvalue weighted by Gasteiger charge is -2.29. The van der Waals surface area contributed by atoms with Gasteiger partial charge in [-0.05, 0) is 78.8 Å². The molecule has 7 nitrogen and oxygen atoms in total. The minimum atomic E-state index is -0.155. The van der Waals surface area contributed by atoms with Crippen LogP contribution >= 0.6 is 12.2 Å². The molecular weight excluding hydrogens is 504 g/mol. The summed E-state index contributed by atoms with van der Waals surface area (Å²) in [6, 6.07) is 26.2. The van der Waals surface area contributed by atoms with Crippen molar-refractivity contribution < 1.29 is 4.79 Å². The summed E-state index contributed by atoms with van der Waals surface area (Å²) in [6.45, 7) is 2.57. The first-order valence-corrected chi connectivity index (χ1v) is 13.7. The van der Waals surface area contributed by atoms with Crippen molar-refractivity contribution in [2.24, 2.45) is 0 Å². The lowest BCUT2D eigenvalue weighted by molar-refractivity contribution is -0.116. The van der Waals surface area contributed by atoms with Crippen LogP contribution in [0.5, 0.6) is 0 Å². The summed E-state index contributed by atoms with van der Waals surface area (Å²) < 4.78 is 2.19. The summed E-state index contributed by atoms with van der Waals surface area (Å²) in [5.74, 6) is -0.0339. The number of carbonyl (C=O) groups is 1. The minimum absolute atomic E-state index is 0.0339. The Kier molecular flexibility index (Phi) is 7.93. The number of pyridine rings is 1. The smallest absolute Gasteiger partial charge is 0.226 e. The van der Waals surface area contributed by atoms with E-state index in [4.69, 9.17) is 12.2 Å². The summed E-state index contributed by atoms with van der Waals surface area (Å²) in [5, 5.41) is 7.21. The predicted octanol–water partition coefficient (Wildman–Crippen LogP) is 5.50. The van der Waals surface area contributed by atoms with Crippen molar-refractivity contribution in [3.8, 4) is 5.69 Å². The fourth-order valence-electron chi connectivity index (χ4n) is 5.13. The number of thiocarbonyl (C=S) groups is 1. The van der Waals surface area contributed by atoms with Crippen molar-refractivity contribution in [1.82, 2.24) is 19.8 Å². The monoisotopic (exact) mass is 538 g/mol. The molecule has 1 fully saturated rings. The van der Waals surface area contributed by atoms with E-state index in [0.717, 1.165) is 40.4 Å². The van der Waals surface area contributed by atoms with Gasteiger partial charge in [-0.3, -0.25) is 9.78 Å². The van der Waals surface area contributed by atoms with E-state index in [1.165, 1.54) is 0 Å². The minimum Gasteiger partial charge on any atom is -0.378 e. The van der Waals surface area contributed by atoms with Crippen molar-refractivity contribution in [3.63, 3.8) is 0 Å². The highest BCUT2D eigenvalue weighted by Crippen LogP contribution is 2.39. The zero-order valence-electron chi connectivity index (χ0n) is 22.5. The topological polar surface area (TPSA) is 65.4 Å². The molecule has 4 aromatic rings. The second kappa shape index (κ2) is 11.7. The Morgan fingerprint density at radius 1 is 1.03 bits per heavy atom. The van der Waals surface area contributed by atoms with Crippen LogP contribution < -0.4 is 15.5 Å². The first-order valence-electron chi connectivity index (χ1n) is 13.3. The molecule has 0 radical (unpaired) electrons. The molecule has 2 aromatic carbocycles. The number of aromatic nitrogens is 2. The molecule has 0 unspecified atom stereocenters. The van der Waals surface area contributed by atoms with Crippen LogP contribution in [0.15, 0.2) is 91.3 Å². The average Bonchev–Trinajstić information content (AvgIpc) is 3.57. The summed E-state index contributed by atoms with van der Waals surface area (Å²) in [7, 11) is 4.07. The third kappa shape index (κ3) is 5.66. The van der Waals surface area contributed by atoms with Crippen LogP contribution in [0.1, 0.15) is 42.4 Å². The largest absolute Gasteiger partial charge is 0.378 e. The Bertz CT molecular complexity index is 1430. The molecule has 8 heteroatoms. The van der Waals surface area contributed by atoms with Crippen LogP contribution in [-0.2, 0) is 11.2 Å². The zero-order valence-corrected chi connectivity index (χ0v) is 23.4. The van der Waals surface area contributed by atoms with Crippen LogP contribution in [0.25, 0.3) is 5.69 Å². The Hall–Kier alpha value is -4.17. The van der Waals surface area contributed by atoms with Gasteiger partial charge in [0, 0.05) is 62.2 Å². The highest BCUT2D eigenvalue weighted by molar-refractivity contribution is 7.80. The van der Waals surface area contributed by atoms with E-state index >= 15 is 0 Å². The second-order valence-corrected chi connectivity index (χ2v) is 10.2. The molecular formula is C31H34N6OS. The molecule has 0 aliphatic carbocycles. The molecule has 1 aliphatic rings. The third-order valence-corrected chi connectivity index (χ3v) is 7.53.